The molecule has 0 rings (SSSR count). The first-order valence-corrected chi connectivity index (χ1v) is 22.6. The maximum atomic E-state index is 12.5. The molecule has 296 valence electrons. The fourth-order valence-electron chi connectivity index (χ4n) is 5.98. The van der Waals surface area contributed by atoms with E-state index < -0.39 is 28.0 Å². The van der Waals surface area contributed by atoms with Crippen molar-refractivity contribution in [2.24, 2.45) is 0 Å². The number of unbranched alkanes of at least 4 members (excludes halogenated alkanes) is 21. The molecule has 2 atom stereocenters. The number of allylic oxidation sites excluding steroid dienone is 9. The first-order chi connectivity index (χ1) is 24.8. The number of hydrogen-bond donors (Lipinski definition) is 3. The van der Waals surface area contributed by atoms with E-state index in [1.54, 1.807) is 6.08 Å². The number of carbonyl (C=O) groups is 1. The van der Waals surface area contributed by atoms with Gasteiger partial charge in [-0.3, -0.25) is 9.35 Å². The van der Waals surface area contributed by atoms with Crippen molar-refractivity contribution in [3.63, 3.8) is 0 Å². The predicted octanol–water partition coefficient (Wildman–Crippen LogP) is 12.5. The van der Waals surface area contributed by atoms with E-state index >= 15 is 0 Å². The number of nitrogens with one attached hydrogen (secondary N) is 1. The monoisotopic (exact) mass is 734 g/mol. The minimum absolute atomic E-state index is 0.273. The van der Waals surface area contributed by atoms with Crippen LogP contribution in [0.2, 0.25) is 0 Å². The fourth-order valence-corrected chi connectivity index (χ4v) is 6.72. The maximum absolute atomic E-state index is 12.5. The van der Waals surface area contributed by atoms with Crippen LogP contribution in [0.25, 0.3) is 0 Å². The van der Waals surface area contributed by atoms with Crippen LogP contribution in [0.4, 0.5) is 0 Å². The highest BCUT2D eigenvalue weighted by Crippen LogP contribution is 2.13. The molecule has 6 nitrogen and oxygen atoms in total. The smallest absolute Gasteiger partial charge is 0.267 e. The van der Waals surface area contributed by atoms with Crippen molar-refractivity contribution in [1.82, 2.24) is 5.32 Å². The second kappa shape index (κ2) is 37.8. The lowest BCUT2D eigenvalue weighted by atomic mass is 10.1. The van der Waals surface area contributed by atoms with Crippen molar-refractivity contribution in [3.8, 4) is 0 Å². The maximum Gasteiger partial charge on any atom is 0.267 e. The zero-order valence-corrected chi connectivity index (χ0v) is 33.8. The summed E-state index contributed by atoms with van der Waals surface area (Å²) >= 11 is 0. The lowest BCUT2D eigenvalue weighted by Crippen LogP contribution is -2.46. The third-order valence-corrected chi connectivity index (χ3v) is 9.92. The van der Waals surface area contributed by atoms with Crippen LogP contribution in [-0.4, -0.2) is 41.9 Å². The Bertz CT molecular complexity index is 1030. The van der Waals surface area contributed by atoms with Gasteiger partial charge in [0.15, 0.2) is 0 Å². The summed E-state index contributed by atoms with van der Waals surface area (Å²) in [6.07, 6.45) is 52.0. The van der Waals surface area contributed by atoms with E-state index in [1.165, 1.54) is 115 Å². The Hall–Kier alpha value is -1.96. The van der Waals surface area contributed by atoms with Gasteiger partial charge in [-0.2, -0.15) is 8.42 Å². The van der Waals surface area contributed by atoms with Crippen LogP contribution >= 0.6 is 0 Å². The number of hydrogen-bond acceptors (Lipinski definition) is 4. The van der Waals surface area contributed by atoms with Crippen LogP contribution in [0.5, 0.6) is 0 Å². The molecule has 0 aliphatic carbocycles. The zero-order chi connectivity index (χ0) is 37.5. The third kappa shape index (κ3) is 39.1. The molecule has 0 saturated carbocycles. The molecule has 0 spiro atoms. The molecule has 51 heavy (non-hydrogen) atoms. The molecule has 0 radical (unpaired) electrons. The summed E-state index contributed by atoms with van der Waals surface area (Å²) < 4.78 is 32.5. The molecule has 2 unspecified atom stereocenters. The standard InChI is InChI=1S/C44H79NO5S/c1-3-5-7-9-11-13-15-17-19-21-22-24-25-27-29-31-33-35-37-39-43(46)42(41-51(48,49)50)45-44(47)40-38-36-34-32-30-28-26-23-20-18-16-14-12-10-8-6-4-2/h12,14,18,20,22,24,29,31,37,39,42-43,46H,3-11,13,15-17,19,21,23,25-28,30,32-36,38,40-41H2,1-2H3,(H,45,47)(H,48,49,50)/b14-12-,20-18-,24-22+,31-29+,39-37+. The van der Waals surface area contributed by atoms with E-state index in [-0.39, 0.29) is 12.3 Å². The average molecular weight is 734 g/mol. The number of carbonyl (C=O) groups excluding carboxylic acids is 1. The van der Waals surface area contributed by atoms with Crippen molar-refractivity contribution >= 4 is 16.0 Å². The Morgan fingerprint density at radius 2 is 0.902 bits per heavy atom. The van der Waals surface area contributed by atoms with Gasteiger partial charge in [-0.25, -0.2) is 0 Å². The van der Waals surface area contributed by atoms with Gasteiger partial charge >= 0.3 is 0 Å². The highest BCUT2D eigenvalue weighted by atomic mass is 32.2. The van der Waals surface area contributed by atoms with E-state index in [0.29, 0.717) is 12.8 Å². The quantitative estimate of drug-likeness (QED) is 0.0335. The summed E-state index contributed by atoms with van der Waals surface area (Å²) in [5, 5.41) is 13.2. The minimum atomic E-state index is -4.36. The first kappa shape index (κ1) is 49.0. The van der Waals surface area contributed by atoms with Gasteiger partial charge in [-0.05, 0) is 77.0 Å². The summed E-state index contributed by atoms with van der Waals surface area (Å²) in [6, 6.07) is -1.09. The molecule has 0 bridgehead atoms. The Kier molecular flexibility index (Phi) is 36.3. The Morgan fingerprint density at radius 3 is 1.39 bits per heavy atom. The molecule has 0 fully saturated rings. The van der Waals surface area contributed by atoms with E-state index in [0.717, 1.165) is 51.4 Å². The molecule has 0 aliphatic rings. The van der Waals surface area contributed by atoms with Crippen molar-refractivity contribution in [2.75, 3.05) is 5.75 Å². The Morgan fingerprint density at radius 1 is 0.529 bits per heavy atom. The van der Waals surface area contributed by atoms with Gasteiger partial charge in [-0.1, -0.05) is 171 Å². The number of amides is 1. The molecule has 0 heterocycles. The Labute approximate surface area is 315 Å². The van der Waals surface area contributed by atoms with Gasteiger partial charge < -0.3 is 10.4 Å². The lowest BCUT2D eigenvalue weighted by Gasteiger charge is -2.21. The molecule has 0 aromatic heterocycles. The summed E-state index contributed by atoms with van der Waals surface area (Å²) in [5.41, 5.74) is 0. The zero-order valence-electron chi connectivity index (χ0n) is 33.0. The highest BCUT2D eigenvalue weighted by molar-refractivity contribution is 7.85. The van der Waals surface area contributed by atoms with Crippen molar-refractivity contribution in [2.45, 2.75) is 206 Å². The molecule has 0 aromatic carbocycles. The highest BCUT2D eigenvalue weighted by Gasteiger charge is 2.24. The molecule has 3 N–H and O–H groups in total. The van der Waals surface area contributed by atoms with Gasteiger partial charge in [0, 0.05) is 6.42 Å². The van der Waals surface area contributed by atoms with E-state index in [4.69, 9.17) is 0 Å². The minimum Gasteiger partial charge on any atom is -0.387 e. The van der Waals surface area contributed by atoms with Crippen molar-refractivity contribution in [3.05, 3.63) is 60.8 Å². The van der Waals surface area contributed by atoms with Crippen molar-refractivity contribution in [1.29, 1.82) is 0 Å². The average Bonchev–Trinajstić information content (AvgIpc) is 3.09. The van der Waals surface area contributed by atoms with Crippen LogP contribution in [0.1, 0.15) is 194 Å². The van der Waals surface area contributed by atoms with E-state index in [9.17, 15) is 22.9 Å². The predicted molar refractivity (Wildman–Crippen MR) is 221 cm³/mol. The number of rotatable bonds is 37. The van der Waals surface area contributed by atoms with Gasteiger partial charge in [0.2, 0.25) is 5.91 Å². The van der Waals surface area contributed by atoms with Gasteiger partial charge in [0.25, 0.3) is 10.1 Å². The molecule has 1 amide bonds. The van der Waals surface area contributed by atoms with Crippen LogP contribution in [0, 0.1) is 0 Å². The Balaban J connectivity index is 4.02. The SMILES string of the molecule is CCCCC/C=C\C/C=C\CCCCCCCCCC(=O)NC(CS(=O)(=O)O)C(O)/C=C/CC/C=C/CC/C=C/CCCCCCCCCCC. The largest absolute Gasteiger partial charge is 0.387 e. The van der Waals surface area contributed by atoms with Gasteiger partial charge in [0.05, 0.1) is 17.9 Å². The lowest BCUT2D eigenvalue weighted by molar-refractivity contribution is -0.122. The molecular weight excluding hydrogens is 655 g/mol. The molecular formula is C44H79NO5S. The third-order valence-electron chi connectivity index (χ3n) is 9.14. The summed E-state index contributed by atoms with van der Waals surface area (Å²) in [6.45, 7) is 4.49. The first-order valence-electron chi connectivity index (χ1n) is 21.0. The molecule has 7 heteroatoms. The molecule has 0 aromatic rings. The van der Waals surface area contributed by atoms with Crippen molar-refractivity contribution < 1.29 is 22.9 Å². The molecule has 0 aliphatic heterocycles. The van der Waals surface area contributed by atoms with E-state index in [2.05, 4.69) is 67.8 Å². The number of aliphatic hydroxyl groups is 1. The van der Waals surface area contributed by atoms with E-state index in [1.807, 2.05) is 0 Å². The van der Waals surface area contributed by atoms with Crippen LogP contribution in [0.15, 0.2) is 60.8 Å². The summed E-state index contributed by atoms with van der Waals surface area (Å²) in [7, 11) is -4.36. The van der Waals surface area contributed by atoms with Crippen LogP contribution in [0.3, 0.4) is 0 Å². The van der Waals surface area contributed by atoms with Gasteiger partial charge in [-0.15, -0.1) is 0 Å². The second-order valence-corrected chi connectivity index (χ2v) is 15.7. The topological polar surface area (TPSA) is 104 Å². The van der Waals surface area contributed by atoms with Crippen LogP contribution < -0.4 is 5.32 Å². The fraction of sp³-hybridized carbons (Fsp3) is 0.750. The summed E-state index contributed by atoms with van der Waals surface area (Å²) in [4.78, 5) is 12.5. The normalized spacial score (nSPS) is 13.9. The van der Waals surface area contributed by atoms with Gasteiger partial charge in [0.1, 0.15) is 0 Å². The summed E-state index contributed by atoms with van der Waals surface area (Å²) in [5.74, 6) is -1.02. The molecule has 0 saturated heterocycles. The second-order valence-electron chi connectivity index (χ2n) is 14.2. The number of aliphatic hydroxyl groups excluding tert-OH is 1. The van der Waals surface area contributed by atoms with Crippen LogP contribution in [-0.2, 0) is 14.9 Å².